The van der Waals surface area contributed by atoms with Gasteiger partial charge in [-0.1, -0.05) is 12.1 Å². The Balaban J connectivity index is 2.06. The van der Waals surface area contributed by atoms with Gasteiger partial charge in [-0.2, -0.15) is 0 Å². The molecule has 0 spiro atoms. The van der Waals surface area contributed by atoms with Crippen molar-refractivity contribution in [3.63, 3.8) is 0 Å². The van der Waals surface area contributed by atoms with Gasteiger partial charge in [-0.3, -0.25) is 4.39 Å². The van der Waals surface area contributed by atoms with Crippen molar-refractivity contribution in [1.82, 2.24) is 5.32 Å². The van der Waals surface area contributed by atoms with Crippen LogP contribution < -0.4 is 5.32 Å². The Morgan fingerprint density at radius 3 is 2.67 bits per heavy atom. The van der Waals surface area contributed by atoms with Gasteiger partial charge in [0.2, 0.25) is 0 Å². The van der Waals surface area contributed by atoms with E-state index in [-0.39, 0.29) is 24.5 Å². The van der Waals surface area contributed by atoms with E-state index in [9.17, 15) is 8.78 Å². The van der Waals surface area contributed by atoms with Crippen LogP contribution in [0.1, 0.15) is 24.4 Å². The molecule has 0 bridgehead atoms. The Morgan fingerprint density at radius 2 is 2.00 bits per heavy atom. The van der Waals surface area contributed by atoms with Gasteiger partial charge in [0.05, 0.1) is 6.67 Å². The molecule has 1 fully saturated rings. The summed E-state index contributed by atoms with van der Waals surface area (Å²) in [4.78, 5) is 0. The largest absolute Gasteiger partial charge is 0.310 e. The van der Waals surface area contributed by atoms with E-state index < -0.39 is 0 Å². The zero-order chi connectivity index (χ0) is 10.7. The Kier molecular flexibility index (Phi) is 3.31. The minimum absolute atomic E-state index is 0.154. The third kappa shape index (κ3) is 2.53. The molecule has 0 unspecified atom stereocenters. The first kappa shape index (κ1) is 10.6. The van der Waals surface area contributed by atoms with Crippen LogP contribution in [0.15, 0.2) is 24.3 Å². The summed E-state index contributed by atoms with van der Waals surface area (Å²) in [5.74, 6) is -0.0714. The van der Waals surface area contributed by atoms with Crippen LogP contribution in [0.25, 0.3) is 0 Å². The second-order valence-corrected chi connectivity index (χ2v) is 4.10. The second kappa shape index (κ2) is 4.71. The van der Waals surface area contributed by atoms with E-state index in [1.807, 2.05) is 0 Å². The maximum absolute atomic E-state index is 12.7. The lowest BCUT2D eigenvalue weighted by Crippen LogP contribution is -2.32. The average molecular weight is 211 g/mol. The zero-order valence-corrected chi connectivity index (χ0v) is 8.55. The summed E-state index contributed by atoms with van der Waals surface area (Å²) in [6.07, 6.45) is 1.70. The zero-order valence-electron chi connectivity index (χ0n) is 8.55. The van der Waals surface area contributed by atoms with Crippen LogP contribution >= 0.6 is 0 Å². The molecule has 3 heteroatoms. The normalized spacial score (nSPS) is 26.5. The summed E-state index contributed by atoms with van der Waals surface area (Å²) >= 11 is 0. The van der Waals surface area contributed by atoms with Gasteiger partial charge in [-0.25, -0.2) is 4.39 Å². The topological polar surface area (TPSA) is 12.0 Å². The molecule has 2 atom stereocenters. The number of halogens is 2. The molecule has 2 rings (SSSR count). The molecule has 0 aromatic heterocycles. The number of benzene rings is 1. The fraction of sp³-hybridized carbons (Fsp3) is 0.500. The van der Waals surface area contributed by atoms with Crippen molar-refractivity contribution in [1.29, 1.82) is 0 Å². The van der Waals surface area contributed by atoms with Crippen LogP contribution in [-0.2, 0) is 0 Å². The van der Waals surface area contributed by atoms with Gasteiger partial charge < -0.3 is 5.32 Å². The molecule has 0 aliphatic carbocycles. The molecule has 1 aliphatic heterocycles. The third-order valence-corrected chi connectivity index (χ3v) is 3.00. The molecule has 1 saturated heterocycles. The molecule has 0 radical (unpaired) electrons. The number of rotatable bonds is 2. The minimum atomic E-state index is -0.251. The highest BCUT2D eigenvalue weighted by Gasteiger charge is 2.22. The predicted molar refractivity (Wildman–Crippen MR) is 55.8 cm³/mol. The SMILES string of the molecule is FC[C@@H]1CCN[C@H](c2ccc(F)cc2)C1. The van der Waals surface area contributed by atoms with E-state index in [4.69, 9.17) is 0 Å². The molecule has 1 N–H and O–H groups in total. The summed E-state index contributed by atoms with van der Waals surface area (Å²) in [5.41, 5.74) is 1.05. The Hall–Kier alpha value is -0.960. The van der Waals surface area contributed by atoms with Crippen molar-refractivity contribution in [3.05, 3.63) is 35.6 Å². The number of hydrogen-bond donors (Lipinski definition) is 1. The van der Waals surface area contributed by atoms with Crippen molar-refractivity contribution in [2.45, 2.75) is 18.9 Å². The van der Waals surface area contributed by atoms with Crippen LogP contribution in [0, 0.1) is 11.7 Å². The molecule has 1 aromatic carbocycles. The molecule has 1 aromatic rings. The third-order valence-electron chi connectivity index (χ3n) is 3.00. The number of piperidine rings is 1. The summed E-state index contributed by atoms with van der Waals surface area (Å²) < 4.78 is 25.3. The predicted octanol–water partition coefficient (Wildman–Crippen LogP) is 2.84. The molecule has 1 heterocycles. The van der Waals surface area contributed by atoms with Gasteiger partial charge in [0, 0.05) is 6.04 Å². The van der Waals surface area contributed by atoms with Crippen LogP contribution in [0.4, 0.5) is 8.78 Å². The van der Waals surface area contributed by atoms with E-state index in [2.05, 4.69) is 5.32 Å². The molecule has 82 valence electrons. The summed E-state index contributed by atoms with van der Waals surface area (Å²) in [7, 11) is 0. The first-order valence-electron chi connectivity index (χ1n) is 5.34. The Labute approximate surface area is 88.5 Å². The van der Waals surface area contributed by atoms with Gasteiger partial charge in [0.1, 0.15) is 5.82 Å². The van der Waals surface area contributed by atoms with E-state index in [0.717, 1.165) is 24.9 Å². The van der Waals surface area contributed by atoms with Crippen molar-refractivity contribution in [3.8, 4) is 0 Å². The van der Waals surface area contributed by atoms with Crippen molar-refractivity contribution in [2.75, 3.05) is 13.2 Å². The smallest absolute Gasteiger partial charge is 0.123 e. The average Bonchev–Trinajstić information content (AvgIpc) is 2.30. The van der Waals surface area contributed by atoms with E-state index in [1.54, 1.807) is 12.1 Å². The van der Waals surface area contributed by atoms with Crippen molar-refractivity contribution < 1.29 is 8.78 Å². The van der Waals surface area contributed by atoms with E-state index in [1.165, 1.54) is 12.1 Å². The first-order valence-corrected chi connectivity index (χ1v) is 5.34. The van der Waals surface area contributed by atoms with E-state index in [0.29, 0.717) is 0 Å². The minimum Gasteiger partial charge on any atom is -0.310 e. The quantitative estimate of drug-likeness (QED) is 0.793. The molecule has 0 amide bonds. The van der Waals surface area contributed by atoms with Gasteiger partial charge in [-0.15, -0.1) is 0 Å². The fourth-order valence-electron chi connectivity index (χ4n) is 2.09. The fourth-order valence-corrected chi connectivity index (χ4v) is 2.09. The highest BCUT2D eigenvalue weighted by Crippen LogP contribution is 2.27. The highest BCUT2D eigenvalue weighted by atomic mass is 19.1. The van der Waals surface area contributed by atoms with Crippen LogP contribution in [0.2, 0.25) is 0 Å². The maximum Gasteiger partial charge on any atom is 0.123 e. The van der Waals surface area contributed by atoms with Gasteiger partial charge in [-0.05, 0) is 43.0 Å². The van der Waals surface area contributed by atoms with Gasteiger partial charge in [0.25, 0.3) is 0 Å². The summed E-state index contributed by atoms with van der Waals surface area (Å²) in [6.45, 7) is 0.593. The first-order chi connectivity index (χ1) is 7.29. The molecule has 15 heavy (non-hydrogen) atoms. The van der Waals surface area contributed by atoms with E-state index >= 15 is 0 Å². The van der Waals surface area contributed by atoms with Crippen molar-refractivity contribution in [2.24, 2.45) is 5.92 Å². The number of alkyl halides is 1. The molecular weight excluding hydrogens is 196 g/mol. The standard InChI is InChI=1S/C12H15F2N/c13-8-9-5-6-15-12(7-9)10-1-3-11(14)4-2-10/h1-4,9,12,15H,5-8H2/t9-,12+/m1/s1. The second-order valence-electron chi connectivity index (χ2n) is 4.10. The highest BCUT2D eigenvalue weighted by molar-refractivity contribution is 5.20. The summed E-state index contributed by atoms with van der Waals surface area (Å²) in [6, 6.07) is 6.63. The lowest BCUT2D eigenvalue weighted by molar-refractivity contribution is 0.250. The van der Waals surface area contributed by atoms with Gasteiger partial charge in [0.15, 0.2) is 0 Å². The van der Waals surface area contributed by atoms with Crippen LogP contribution in [0.3, 0.4) is 0 Å². The molecule has 1 aliphatic rings. The monoisotopic (exact) mass is 211 g/mol. The lowest BCUT2D eigenvalue weighted by atomic mass is 9.90. The lowest BCUT2D eigenvalue weighted by Gasteiger charge is -2.29. The van der Waals surface area contributed by atoms with Gasteiger partial charge >= 0.3 is 0 Å². The maximum atomic E-state index is 12.7. The molecule has 0 saturated carbocycles. The van der Waals surface area contributed by atoms with Crippen LogP contribution in [0.5, 0.6) is 0 Å². The summed E-state index contributed by atoms with van der Waals surface area (Å²) in [5, 5.41) is 3.33. The molecular formula is C12H15F2N. The number of hydrogen-bond acceptors (Lipinski definition) is 1. The number of nitrogens with one attached hydrogen (secondary N) is 1. The molecule has 1 nitrogen and oxygen atoms in total. The van der Waals surface area contributed by atoms with Crippen molar-refractivity contribution >= 4 is 0 Å². The Morgan fingerprint density at radius 1 is 1.27 bits per heavy atom. The Bertz CT molecular complexity index is 310. The van der Waals surface area contributed by atoms with Crippen LogP contribution in [-0.4, -0.2) is 13.2 Å².